The van der Waals surface area contributed by atoms with Gasteiger partial charge in [-0.3, -0.25) is 4.90 Å². The Morgan fingerprint density at radius 2 is 1.55 bits per heavy atom. The van der Waals surface area contributed by atoms with Crippen LogP contribution in [0.25, 0.3) is 0 Å². The van der Waals surface area contributed by atoms with Crippen molar-refractivity contribution in [3.63, 3.8) is 0 Å². The van der Waals surface area contributed by atoms with Crippen molar-refractivity contribution in [1.82, 2.24) is 4.90 Å². The number of ether oxygens (including phenoxy) is 1. The minimum atomic E-state index is -0.321. The zero-order valence-electron chi connectivity index (χ0n) is 13.5. The molecule has 0 radical (unpaired) electrons. The summed E-state index contributed by atoms with van der Waals surface area (Å²) < 4.78 is 5.37. The number of carbonyl (C=O) groups is 1. The van der Waals surface area contributed by atoms with Gasteiger partial charge in [-0.1, -0.05) is 43.7 Å². The third-order valence-corrected chi connectivity index (χ3v) is 3.72. The summed E-state index contributed by atoms with van der Waals surface area (Å²) in [7, 11) is 0. The Balaban J connectivity index is 2.00. The maximum atomic E-state index is 12.1. The van der Waals surface area contributed by atoms with Gasteiger partial charge < -0.3 is 4.74 Å². The fourth-order valence-electron chi connectivity index (χ4n) is 2.22. The lowest BCUT2D eigenvalue weighted by Crippen LogP contribution is -2.22. The minimum Gasteiger partial charge on any atom is -0.423 e. The summed E-state index contributed by atoms with van der Waals surface area (Å²) >= 11 is 0. The van der Waals surface area contributed by atoms with Gasteiger partial charge in [-0.25, -0.2) is 4.79 Å². The molecule has 2 aromatic rings. The lowest BCUT2D eigenvalue weighted by Gasteiger charge is -2.17. The van der Waals surface area contributed by atoms with Gasteiger partial charge in [0.2, 0.25) is 0 Å². The molecule has 0 fully saturated rings. The number of nitrogens with zero attached hydrogens (tertiary/aromatic N) is 1. The molecule has 2 rings (SSSR count). The largest absolute Gasteiger partial charge is 0.423 e. The Hall–Kier alpha value is -2.13. The third kappa shape index (κ3) is 4.43. The highest BCUT2D eigenvalue weighted by atomic mass is 16.5. The number of hydrogen-bond acceptors (Lipinski definition) is 3. The van der Waals surface area contributed by atoms with E-state index < -0.39 is 0 Å². The number of esters is 1. The second-order valence-corrected chi connectivity index (χ2v) is 5.36. The standard InChI is InChI=1S/C19H23NO2/c1-4-20(5-2)14-16-8-10-17(11-9-16)19(21)22-18-12-6-15(3)7-13-18/h6-13H,4-5,14H2,1-3H3. The number of carbonyl (C=O) groups excluding carboxylic acids is 1. The number of hydrogen-bond donors (Lipinski definition) is 0. The molecule has 0 aliphatic rings. The van der Waals surface area contributed by atoms with Crippen LogP contribution in [0.4, 0.5) is 0 Å². The predicted octanol–water partition coefficient (Wildman–Crippen LogP) is 4.06. The Kier molecular flexibility index (Phi) is 5.73. The maximum absolute atomic E-state index is 12.1. The van der Waals surface area contributed by atoms with Gasteiger partial charge in [0.05, 0.1) is 5.56 Å². The van der Waals surface area contributed by atoms with Crippen LogP contribution >= 0.6 is 0 Å². The van der Waals surface area contributed by atoms with E-state index in [0.717, 1.165) is 25.2 Å². The summed E-state index contributed by atoms with van der Waals surface area (Å²) in [6.45, 7) is 9.25. The van der Waals surface area contributed by atoms with Crippen LogP contribution in [0.2, 0.25) is 0 Å². The molecule has 0 saturated carbocycles. The minimum absolute atomic E-state index is 0.321. The van der Waals surface area contributed by atoms with E-state index in [4.69, 9.17) is 4.74 Å². The summed E-state index contributed by atoms with van der Waals surface area (Å²) in [5, 5.41) is 0. The number of benzene rings is 2. The normalized spacial score (nSPS) is 10.7. The van der Waals surface area contributed by atoms with Crippen molar-refractivity contribution in [2.45, 2.75) is 27.3 Å². The molecule has 0 saturated heterocycles. The monoisotopic (exact) mass is 297 g/mol. The number of aryl methyl sites for hydroxylation is 1. The Labute approximate surface area is 132 Å². The van der Waals surface area contributed by atoms with Crippen LogP contribution in [0.3, 0.4) is 0 Å². The van der Waals surface area contributed by atoms with E-state index in [1.165, 1.54) is 5.56 Å². The lowest BCUT2D eigenvalue weighted by atomic mass is 10.1. The summed E-state index contributed by atoms with van der Waals surface area (Å²) in [5.74, 6) is 0.251. The van der Waals surface area contributed by atoms with Gasteiger partial charge in [-0.05, 0) is 49.8 Å². The first-order valence-corrected chi connectivity index (χ1v) is 7.72. The van der Waals surface area contributed by atoms with Crippen molar-refractivity contribution in [3.8, 4) is 5.75 Å². The molecular weight excluding hydrogens is 274 g/mol. The van der Waals surface area contributed by atoms with E-state index in [1.807, 2.05) is 55.5 Å². The molecule has 0 aliphatic heterocycles. The molecule has 116 valence electrons. The van der Waals surface area contributed by atoms with Crippen LogP contribution in [0.1, 0.15) is 35.3 Å². The van der Waals surface area contributed by atoms with Crippen LogP contribution in [0.5, 0.6) is 5.75 Å². The van der Waals surface area contributed by atoms with E-state index >= 15 is 0 Å². The highest BCUT2D eigenvalue weighted by Gasteiger charge is 2.09. The van der Waals surface area contributed by atoms with Gasteiger partial charge in [-0.2, -0.15) is 0 Å². The molecule has 3 heteroatoms. The molecule has 0 unspecified atom stereocenters. The van der Waals surface area contributed by atoms with Crippen molar-refractivity contribution in [3.05, 3.63) is 65.2 Å². The highest BCUT2D eigenvalue weighted by molar-refractivity contribution is 5.91. The van der Waals surface area contributed by atoms with Crippen molar-refractivity contribution >= 4 is 5.97 Å². The van der Waals surface area contributed by atoms with E-state index in [2.05, 4.69) is 18.7 Å². The summed E-state index contributed by atoms with van der Waals surface area (Å²) in [4.78, 5) is 14.4. The third-order valence-electron chi connectivity index (χ3n) is 3.72. The van der Waals surface area contributed by atoms with Crippen molar-refractivity contribution < 1.29 is 9.53 Å². The topological polar surface area (TPSA) is 29.5 Å². The van der Waals surface area contributed by atoms with Gasteiger partial charge in [-0.15, -0.1) is 0 Å². The molecule has 22 heavy (non-hydrogen) atoms. The first-order chi connectivity index (χ1) is 10.6. The Bertz CT molecular complexity index is 598. The average Bonchev–Trinajstić information content (AvgIpc) is 2.55. The van der Waals surface area contributed by atoms with Crippen LogP contribution in [0, 0.1) is 6.92 Å². The molecule has 3 nitrogen and oxygen atoms in total. The van der Waals surface area contributed by atoms with Gasteiger partial charge in [0, 0.05) is 6.54 Å². The van der Waals surface area contributed by atoms with Crippen LogP contribution in [-0.4, -0.2) is 24.0 Å². The predicted molar refractivity (Wildman–Crippen MR) is 89.2 cm³/mol. The quantitative estimate of drug-likeness (QED) is 0.595. The first-order valence-electron chi connectivity index (χ1n) is 7.72. The van der Waals surface area contributed by atoms with Crippen LogP contribution < -0.4 is 4.74 Å². The second kappa shape index (κ2) is 7.76. The van der Waals surface area contributed by atoms with Crippen LogP contribution in [-0.2, 0) is 6.54 Å². The first kappa shape index (κ1) is 16.2. The molecule has 0 spiro atoms. The van der Waals surface area contributed by atoms with Gasteiger partial charge in [0.15, 0.2) is 0 Å². The second-order valence-electron chi connectivity index (χ2n) is 5.36. The van der Waals surface area contributed by atoms with Crippen molar-refractivity contribution in [2.24, 2.45) is 0 Å². The summed E-state index contributed by atoms with van der Waals surface area (Å²) in [6, 6.07) is 15.1. The molecule has 0 heterocycles. The smallest absolute Gasteiger partial charge is 0.343 e. The SMILES string of the molecule is CCN(CC)Cc1ccc(C(=O)Oc2ccc(C)cc2)cc1. The summed E-state index contributed by atoms with van der Waals surface area (Å²) in [5.41, 5.74) is 2.92. The van der Waals surface area contributed by atoms with Gasteiger partial charge in [0.1, 0.15) is 5.75 Å². The Morgan fingerprint density at radius 3 is 2.09 bits per heavy atom. The van der Waals surface area contributed by atoms with Crippen molar-refractivity contribution in [1.29, 1.82) is 0 Å². The summed E-state index contributed by atoms with van der Waals surface area (Å²) in [6.07, 6.45) is 0. The average molecular weight is 297 g/mol. The zero-order chi connectivity index (χ0) is 15.9. The zero-order valence-corrected chi connectivity index (χ0v) is 13.5. The van der Waals surface area contributed by atoms with E-state index in [0.29, 0.717) is 11.3 Å². The fraction of sp³-hybridized carbons (Fsp3) is 0.316. The van der Waals surface area contributed by atoms with E-state index in [1.54, 1.807) is 0 Å². The van der Waals surface area contributed by atoms with Crippen LogP contribution in [0.15, 0.2) is 48.5 Å². The van der Waals surface area contributed by atoms with Gasteiger partial charge >= 0.3 is 5.97 Å². The Morgan fingerprint density at radius 1 is 0.955 bits per heavy atom. The molecule has 0 aromatic heterocycles. The molecule has 0 aliphatic carbocycles. The highest BCUT2D eigenvalue weighted by Crippen LogP contribution is 2.14. The molecular formula is C19H23NO2. The van der Waals surface area contributed by atoms with Crippen molar-refractivity contribution in [2.75, 3.05) is 13.1 Å². The number of rotatable bonds is 6. The molecule has 0 bridgehead atoms. The lowest BCUT2D eigenvalue weighted by molar-refractivity contribution is 0.0734. The van der Waals surface area contributed by atoms with E-state index in [9.17, 15) is 4.79 Å². The van der Waals surface area contributed by atoms with E-state index in [-0.39, 0.29) is 5.97 Å². The molecule has 0 N–H and O–H groups in total. The molecule has 0 atom stereocenters. The molecule has 0 amide bonds. The maximum Gasteiger partial charge on any atom is 0.343 e. The van der Waals surface area contributed by atoms with Gasteiger partial charge in [0.25, 0.3) is 0 Å². The molecule has 2 aromatic carbocycles. The fourth-order valence-corrected chi connectivity index (χ4v) is 2.22.